The molecule has 2 atom stereocenters. The number of hydrogen-bond donors (Lipinski definition) is 0. The lowest BCUT2D eigenvalue weighted by Gasteiger charge is -2.16. The summed E-state index contributed by atoms with van der Waals surface area (Å²) in [6.07, 6.45) is 2.39. The van der Waals surface area contributed by atoms with Gasteiger partial charge in [0.25, 0.3) is 0 Å². The summed E-state index contributed by atoms with van der Waals surface area (Å²) in [7, 11) is 0. The molecule has 2 heteroatoms. The Bertz CT molecular complexity index is 132. The van der Waals surface area contributed by atoms with Gasteiger partial charge in [0.05, 0.1) is 13.2 Å². The monoisotopic (exact) mass is 230 g/mol. The SMILES string of the molecule is CCC(C)COCC(C)COCC(C)CC. The molecule has 0 aromatic heterocycles. The van der Waals surface area contributed by atoms with E-state index in [4.69, 9.17) is 9.47 Å². The summed E-state index contributed by atoms with van der Waals surface area (Å²) >= 11 is 0. The van der Waals surface area contributed by atoms with Crippen molar-refractivity contribution < 1.29 is 9.47 Å². The Balaban J connectivity index is 3.34. The fourth-order valence-corrected chi connectivity index (χ4v) is 1.22. The van der Waals surface area contributed by atoms with E-state index in [2.05, 4.69) is 34.6 Å². The molecule has 0 aromatic carbocycles. The first-order valence-corrected chi connectivity index (χ1v) is 6.75. The summed E-state index contributed by atoms with van der Waals surface area (Å²) in [5, 5.41) is 0. The van der Waals surface area contributed by atoms with Gasteiger partial charge in [0.15, 0.2) is 0 Å². The number of ether oxygens (including phenoxy) is 2. The lowest BCUT2D eigenvalue weighted by Crippen LogP contribution is -2.17. The molecule has 0 aliphatic rings. The molecule has 2 unspecified atom stereocenters. The van der Waals surface area contributed by atoms with Crippen LogP contribution < -0.4 is 0 Å². The third-order valence-corrected chi connectivity index (χ3v) is 3.00. The molecule has 0 N–H and O–H groups in total. The molecule has 0 saturated carbocycles. The second-order valence-electron chi connectivity index (χ2n) is 5.21. The fraction of sp³-hybridized carbons (Fsp3) is 1.00. The zero-order chi connectivity index (χ0) is 12.4. The number of hydrogen-bond acceptors (Lipinski definition) is 2. The molecule has 16 heavy (non-hydrogen) atoms. The summed E-state index contributed by atoms with van der Waals surface area (Å²) in [5.41, 5.74) is 0. The van der Waals surface area contributed by atoms with Gasteiger partial charge in [0.2, 0.25) is 0 Å². The maximum Gasteiger partial charge on any atom is 0.0513 e. The molecule has 98 valence electrons. The summed E-state index contributed by atoms with van der Waals surface area (Å²) in [6, 6.07) is 0. The Labute approximate surface area is 102 Å². The van der Waals surface area contributed by atoms with E-state index in [1.165, 1.54) is 12.8 Å². The van der Waals surface area contributed by atoms with E-state index in [1.54, 1.807) is 0 Å². The molecule has 0 aliphatic carbocycles. The second kappa shape index (κ2) is 10.1. The second-order valence-corrected chi connectivity index (χ2v) is 5.21. The molecule has 0 saturated heterocycles. The first-order chi connectivity index (χ1) is 7.60. The van der Waals surface area contributed by atoms with Gasteiger partial charge in [-0.15, -0.1) is 0 Å². The third kappa shape index (κ3) is 9.17. The average Bonchev–Trinajstić information content (AvgIpc) is 2.28. The maximum absolute atomic E-state index is 5.65. The molecule has 2 nitrogen and oxygen atoms in total. The Hall–Kier alpha value is -0.0800. The van der Waals surface area contributed by atoms with Gasteiger partial charge in [-0.25, -0.2) is 0 Å². The van der Waals surface area contributed by atoms with Crippen LogP contribution in [-0.2, 0) is 9.47 Å². The van der Waals surface area contributed by atoms with Gasteiger partial charge in [-0.2, -0.15) is 0 Å². The van der Waals surface area contributed by atoms with Crippen molar-refractivity contribution in [3.05, 3.63) is 0 Å². The van der Waals surface area contributed by atoms with Crippen molar-refractivity contribution in [3.8, 4) is 0 Å². The predicted molar refractivity (Wildman–Crippen MR) is 69.7 cm³/mol. The first kappa shape index (κ1) is 15.9. The van der Waals surface area contributed by atoms with Crippen LogP contribution in [0.3, 0.4) is 0 Å². The first-order valence-electron chi connectivity index (χ1n) is 6.75. The molecule has 0 aliphatic heterocycles. The van der Waals surface area contributed by atoms with Crippen molar-refractivity contribution in [1.82, 2.24) is 0 Å². The molecular weight excluding hydrogens is 200 g/mol. The van der Waals surface area contributed by atoms with Gasteiger partial charge in [-0.1, -0.05) is 47.5 Å². The lowest BCUT2D eigenvalue weighted by molar-refractivity contribution is 0.0254. The fourth-order valence-electron chi connectivity index (χ4n) is 1.22. The summed E-state index contributed by atoms with van der Waals surface area (Å²) in [4.78, 5) is 0. The molecule has 0 radical (unpaired) electrons. The van der Waals surface area contributed by atoms with Crippen LogP contribution in [0.4, 0.5) is 0 Å². The lowest BCUT2D eigenvalue weighted by atomic mass is 10.1. The zero-order valence-corrected chi connectivity index (χ0v) is 11.8. The molecule has 0 amide bonds. The van der Waals surface area contributed by atoms with Crippen molar-refractivity contribution in [2.24, 2.45) is 17.8 Å². The molecule has 0 fully saturated rings. The van der Waals surface area contributed by atoms with Crippen LogP contribution in [0.2, 0.25) is 0 Å². The minimum absolute atomic E-state index is 0.508. The van der Waals surface area contributed by atoms with Crippen LogP contribution in [0, 0.1) is 17.8 Å². The molecule has 0 heterocycles. The van der Waals surface area contributed by atoms with E-state index >= 15 is 0 Å². The van der Waals surface area contributed by atoms with Crippen LogP contribution in [-0.4, -0.2) is 26.4 Å². The quantitative estimate of drug-likeness (QED) is 0.569. The Morgan fingerprint density at radius 1 is 0.625 bits per heavy atom. The Kier molecular flexibility index (Phi) is 10.0. The molecule has 0 spiro atoms. The van der Waals surface area contributed by atoms with Gasteiger partial charge in [-0.3, -0.25) is 0 Å². The van der Waals surface area contributed by atoms with E-state index in [0.29, 0.717) is 17.8 Å². The normalized spacial score (nSPS) is 17.1. The highest BCUT2D eigenvalue weighted by molar-refractivity contribution is 4.53. The average molecular weight is 230 g/mol. The van der Waals surface area contributed by atoms with Gasteiger partial charge in [0.1, 0.15) is 0 Å². The largest absolute Gasteiger partial charge is 0.381 e. The van der Waals surface area contributed by atoms with Crippen molar-refractivity contribution in [2.45, 2.75) is 47.5 Å². The van der Waals surface area contributed by atoms with E-state index in [-0.39, 0.29) is 0 Å². The van der Waals surface area contributed by atoms with Crippen LogP contribution in [0.25, 0.3) is 0 Å². The summed E-state index contributed by atoms with van der Waals surface area (Å²) in [5.74, 6) is 1.86. The highest BCUT2D eigenvalue weighted by Gasteiger charge is 2.06. The molecule has 0 rings (SSSR count). The molecule has 0 aromatic rings. The van der Waals surface area contributed by atoms with E-state index < -0.39 is 0 Å². The van der Waals surface area contributed by atoms with Crippen LogP contribution in [0.15, 0.2) is 0 Å². The van der Waals surface area contributed by atoms with Gasteiger partial charge < -0.3 is 9.47 Å². The van der Waals surface area contributed by atoms with Crippen molar-refractivity contribution in [2.75, 3.05) is 26.4 Å². The highest BCUT2D eigenvalue weighted by atomic mass is 16.5. The van der Waals surface area contributed by atoms with Crippen molar-refractivity contribution >= 4 is 0 Å². The van der Waals surface area contributed by atoms with Gasteiger partial charge in [0, 0.05) is 19.1 Å². The topological polar surface area (TPSA) is 18.5 Å². The third-order valence-electron chi connectivity index (χ3n) is 3.00. The molecule has 0 bridgehead atoms. The van der Waals surface area contributed by atoms with Crippen LogP contribution >= 0.6 is 0 Å². The predicted octanol–water partition coefficient (Wildman–Crippen LogP) is 3.75. The van der Waals surface area contributed by atoms with Gasteiger partial charge >= 0.3 is 0 Å². The van der Waals surface area contributed by atoms with E-state index in [9.17, 15) is 0 Å². The van der Waals surface area contributed by atoms with E-state index in [0.717, 1.165) is 26.4 Å². The molecular formula is C14H30O2. The smallest absolute Gasteiger partial charge is 0.0513 e. The number of rotatable bonds is 10. The Morgan fingerprint density at radius 2 is 0.938 bits per heavy atom. The highest BCUT2D eigenvalue weighted by Crippen LogP contribution is 2.05. The Morgan fingerprint density at radius 3 is 1.25 bits per heavy atom. The minimum Gasteiger partial charge on any atom is -0.381 e. The van der Waals surface area contributed by atoms with Crippen molar-refractivity contribution in [1.29, 1.82) is 0 Å². The van der Waals surface area contributed by atoms with Crippen LogP contribution in [0.5, 0.6) is 0 Å². The van der Waals surface area contributed by atoms with Crippen molar-refractivity contribution in [3.63, 3.8) is 0 Å². The van der Waals surface area contributed by atoms with E-state index in [1.807, 2.05) is 0 Å². The summed E-state index contributed by atoms with van der Waals surface area (Å²) in [6.45, 7) is 14.5. The maximum atomic E-state index is 5.65. The van der Waals surface area contributed by atoms with Gasteiger partial charge in [-0.05, 0) is 11.8 Å². The van der Waals surface area contributed by atoms with Crippen LogP contribution in [0.1, 0.15) is 47.5 Å². The summed E-state index contributed by atoms with van der Waals surface area (Å²) < 4.78 is 11.3. The standard InChI is InChI=1S/C14H30O2/c1-6-12(3)8-15-10-14(5)11-16-9-13(4)7-2/h12-14H,6-11H2,1-5H3. The minimum atomic E-state index is 0.508. The zero-order valence-electron chi connectivity index (χ0n) is 11.8.